The number of nitrogens with zero attached hydrogens (tertiary/aromatic N) is 12. The van der Waals surface area contributed by atoms with E-state index in [4.69, 9.17) is 61.8 Å². The van der Waals surface area contributed by atoms with Crippen molar-refractivity contribution in [1.29, 1.82) is 0 Å². The number of hydrogen-bond acceptors (Lipinski definition) is 22. The lowest BCUT2D eigenvalue weighted by Crippen LogP contribution is -2.43. The summed E-state index contributed by atoms with van der Waals surface area (Å²) in [7, 11) is 0. The molecule has 15 rings (SSSR count). The molecule has 0 amide bonds. The van der Waals surface area contributed by atoms with E-state index in [1.807, 2.05) is 104 Å². The Hall–Kier alpha value is -8.68. The van der Waals surface area contributed by atoms with Gasteiger partial charge in [-0.3, -0.25) is 9.80 Å². The fourth-order valence-corrected chi connectivity index (χ4v) is 13.0. The summed E-state index contributed by atoms with van der Waals surface area (Å²) in [6.45, 7) is 29.2. The normalized spacial score (nSPS) is 17.4. The third-order valence-corrected chi connectivity index (χ3v) is 18.2. The number of benzene rings is 5. The Kier molecular flexibility index (Phi) is 25.1. The molecule has 5 aromatic carbocycles. The summed E-state index contributed by atoms with van der Waals surface area (Å²) in [6, 6.07) is 29.5. The molecule has 3 fully saturated rings. The SMILES string of the molecule is Nc1ccc2c(c1)OCCN2CCCN1CCCC1.Nc1ccc2c(c1)OCCN2CCCN1CCOCC1.Nc1ccc2c(c1)OCCN2CCCn1ccnc1.Nc1ccc2c(c1)OCCN2CCN1CCOCC1.Nc1ccc2c(c1)OCCN2CCn1ccnc1. The van der Waals surface area contributed by atoms with Crippen LogP contribution >= 0.6 is 0 Å². The minimum Gasteiger partial charge on any atom is -0.489 e. The van der Waals surface area contributed by atoms with Crippen molar-refractivity contribution in [1.82, 2.24) is 33.8 Å². The number of ether oxygens (including phenoxy) is 7. The first-order valence-electron chi connectivity index (χ1n) is 34.2. The number of morpholine rings is 2. The van der Waals surface area contributed by atoms with Gasteiger partial charge in [0.05, 0.1) is 100 Å². The Bertz CT molecular complexity index is 3400. The lowest BCUT2D eigenvalue weighted by molar-refractivity contribution is 0.0376. The number of hydrogen-bond donors (Lipinski definition) is 5. The van der Waals surface area contributed by atoms with Gasteiger partial charge in [-0.1, -0.05) is 0 Å². The summed E-state index contributed by atoms with van der Waals surface area (Å²) in [4.78, 5) is 27.5. The Morgan fingerprint density at radius 2 is 0.589 bits per heavy atom. The summed E-state index contributed by atoms with van der Waals surface area (Å²) in [6.07, 6.45) is 17.5. The maximum Gasteiger partial charge on any atom is 0.144 e. The lowest BCUT2D eigenvalue weighted by Gasteiger charge is -2.34. The quantitative estimate of drug-likeness (QED) is 0.0539. The molecule has 0 unspecified atom stereocenters. The molecule has 95 heavy (non-hydrogen) atoms. The summed E-state index contributed by atoms with van der Waals surface area (Å²) in [5.41, 5.74) is 38.5. The van der Waals surface area contributed by atoms with Gasteiger partial charge in [0.2, 0.25) is 0 Å². The van der Waals surface area contributed by atoms with E-state index >= 15 is 0 Å². The molecule has 3 saturated heterocycles. The summed E-state index contributed by atoms with van der Waals surface area (Å²) in [5, 5.41) is 0. The first kappa shape index (κ1) is 67.7. The minimum atomic E-state index is 0.709. The Morgan fingerprint density at radius 1 is 0.295 bits per heavy atom. The third kappa shape index (κ3) is 20.2. The van der Waals surface area contributed by atoms with Crippen LogP contribution in [0.3, 0.4) is 0 Å². The highest BCUT2D eigenvalue weighted by molar-refractivity contribution is 5.68. The molecule has 0 saturated carbocycles. The van der Waals surface area contributed by atoms with Gasteiger partial charge in [-0.25, -0.2) is 9.97 Å². The molecule has 0 bridgehead atoms. The molecular weight excluding hydrogens is 1200 g/mol. The van der Waals surface area contributed by atoms with E-state index in [0.29, 0.717) is 6.61 Å². The zero-order valence-electron chi connectivity index (χ0n) is 55.5. The van der Waals surface area contributed by atoms with Crippen LogP contribution in [0.4, 0.5) is 56.9 Å². The number of anilines is 10. The number of aryl methyl sites for hydroxylation is 1. The van der Waals surface area contributed by atoms with Crippen LogP contribution < -0.4 is 76.9 Å². The first-order valence-corrected chi connectivity index (χ1v) is 34.2. The van der Waals surface area contributed by atoms with Crippen LogP contribution in [0.1, 0.15) is 32.1 Å². The van der Waals surface area contributed by atoms with Gasteiger partial charge < -0.3 is 100 Å². The number of aromatic nitrogens is 4. The molecule has 0 atom stereocenters. The molecule has 10 heterocycles. The Balaban J connectivity index is 0.000000121. The van der Waals surface area contributed by atoms with Crippen molar-refractivity contribution in [2.75, 3.05) is 237 Å². The van der Waals surface area contributed by atoms with Crippen LogP contribution in [-0.2, 0) is 22.6 Å². The maximum atomic E-state index is 5.81. The highest BCUT2D eigenvalue weighted by atomic mass is 16.5. The van der Waals surface area contributed by atoms with Crippen LogP contribution in [-0.4, -0.2) is 218 Å². The van der Waals surface area contributed by atoms with Gasteiger partial charge in [0.15, 0.2) is 0 Å². The number of fused-ring (bicyclic) bond motifs is 5. The predicted molar refractivity (Wildman–Crippen MR) is 381 cm³/mol. The van der Waals surface area contributed by atoms with E-state index in [1.54, 1.807) is 6.20 Å². The van der Waals surface area contributed by atoms with Crippen LogP contribution in [0, 0.1) is 0 Å². The lowest BCUT2D eigenvalue weighted by atomic mass is 10.2. The maximum absolute atomic E-state index is 5.81. The van der Waals surface area contributed by atoms with Crippen LogP contribution in [0.5, 0.6) is 28.7 Å². The summed E-state index contributed by atoms with van der Waals surface area (Å²) < 4.78 is 43.2. The topological polar surface area (TPSA) is 256 Å². The number of nitrogen functional groups attached to an aromatic ring is 5. The van der Waals surface area contributed by atoms with Crippen LogP contribution in [0.25, 0.3) is 0 Å². The molecule has 512 valence electrons. The van der Waals surface area contributed by atoms with Crippen molar-refractivity contribution in [3.8, 4) is 28.7 Å². The second kappa shape index (κ2) is 35.2. The average molecular weight is 1300 g/mol. The molecule has 8 aliphatic heterocycles. The third-order valence-electron chi connectivity index (χ3n) is 18.2. The van der Waals surface area contributed by atoms with E-state index < -0.39 is 0 Å². The summed E-state index contributed by atoms with van der Waals surface area (Å²) >= 11 is 0. The molecule has 0 spiro atoms. The van der Waals surface area contributed by atoms with E-state index in [9.17, 15) is 0 Å². The molecular formula is C71H101N17O7. The van der Waals surface area contributed by atoms with Gasteiger partial charge >= 0.3 is 0 Å². The van der Waals surface area contributed by atoms with Crippen molar-refractivity contribution in [3.63, 3.8) is 0 Å². The van der Waals surface area contributed by atoms with E-state index in [-0.39, 0.29) is 0 Å². The molecule has 0 aliphatic carbocycles. The van der Waals surface area contributed by atoms with Crippen molar-refractivity contribution in [2.45, 2.75) is 45.2 Å². The number of imidazole rings is 2. The van der Waals surface area contributed by atoms with E-state index in [1.165, 1.54) is 56.7 Å². The smallest absolute Gasteiger partial charge is 0.144 e. The highest BCUT2D eigenvalue weighted by Crippen LogP contribution is 2.38. The Labute approximate surface area is 560 Å². The van der Waals surface area contributed by atoms with E-state index in [0.717, 1.165) is 251 Å². The van der Waals surface area contributed by atoms with Crippen LogP contribution in [0.15, 0.2) is 128 Å². The Morgan fingerprint density at radius 3 is 0.926 bits per heavy atom. The monoisotopic (exact) mass is 1300 g/mol. The molecule has 7 aromatic rings. The average Bonchev–Trinajstić information content (AvgIpc) is 1.78. The first-order chi connectivity index (χ1) is 46.6. The number of nitrogens with two attached hydrogens (primary N) is 5. The van der Waals surface area contributed by atoms with Gasteiger partial charge in [-0.05, 0) is 112 Å². The summed E-state index contributed by atoms with van der Waals surface area (Å²) in [5.74, 6) is 4.55. The number of likely N-dealkylation sites (tertiary alicyclic amines) is 1. The molecule has 24 heteroatoms. The standard InChI is InChI=1S/C15H23N3O2.C15H23N3O.C14H18N4O.C14H21N3O2.C13H16N4O/c16-13-2-3-14-15(12-13)20-11-8-18(14)5-1-4-17-6-9-19-10-7-17;16-13-4-5-14-15(12-13)19-11-10-18(14)9-3-8-17-6-1-2-7-17;15-12-2-3-13-14(10-12)19-9-8-18(13)6-1-5-17-7-4-16-11-17;15-12-1-2-13-14(11-12)19-10-7-17(13)4-3-16-5-8-18-9-6-16;14-11-1-2-12-13(9-11)18-8-7-17(12)6-5-16-4-3-15-10-16/h2-3,12H,1,4-11,16H2;4-5,12H,1-3,6-11,16H2;2-4,7,10-11H,1,5-6,8-9,15H2;1-2,11H,3-10,15H2;1-4,9-10H,5-8,14H2. The van der Waals surface area contributed by atoms with Crippen LogP contribution in [0.2, 0.25) is 0 Å². The molecule has 2 aromatic heterocycles. The molecule has 8 aliphatic rings. The fraction of sp³-hybridized carbons (Fsp3) is 0.493. The minimum absolute atomic E-state index is 0.709. The van der Waals surface area contributed by atoms with Gasteiger partial charge in [-0.2, -0.15) is 0 Å². The second-order valence-corrected chi connectivity index (χ2v) is 24.9. The predicted octanol–water partition coefficient (Wildman–Crippen LogP) is 7.06. The van der Waals surface area contributed by atoms with Crippen molar-refractivity contribution in [2.24, 2.45) is 0 Å². The van der Waals surface area contributed by atoms with Gasteiger partial charge in [-0.15, -0.1) is 0 Å². The largest absolute Gasteiger partial charge is 0.489 e. The zero-order chi connectivity index (χ0) is 65.4. The number of rotatable bonds is 18. The molecule has 24 nitrogen and oxygen atoms in total. The molecule has 10 N–H and O–H groups in total. The van der Waals surface area contributed by atoms with Crippen molar-refractivity contribution >= 4 is 56.9 Å². The zero-order valence-corrected chi connectivity index (χ0v) is 55.5. The fourth-order valence-electron chi connectivity index (χ4n) is 13.0. The highest BCUT2D eigenvalue weighted by Gasteiger charge is 2.24. The second-order valence-electron chi connectivity index (χ2n) is 24.9. The van der Waals surface area contributed by atoms with Gasteiger partial charge in [0.1, 0.15) is 61.8 Å². The van der Waals surface area contributed by atoms with Crippen molar-refractivity contribution < 1.29 is 33.2 Å². The van der Waals surface area contributed by atoms with Gasteiger partial charge in [0.25, 0.3) is 0 Å². The van der Waals surface area contributed by atoms with E-state index in [2.05, 4.69) is 76.5 Å². The van der Waals surface area contributed by atoms with Gasteiger partial charge in [0, 0.05) is 169 Å². The van der Waals surface area contributed by atoms with Crippen molar-refractivity contribution in [3.05, 3.63) is 128 Å². The molecule has 0 radical (unpaired) electrons.